The number of Topliss-reactive ketones (excluding diaryl/α,β-unsaturated/α-hetero) is 1. The van der Waals surface area contributed by atoms with Crippen molar-refractivity contribution in [3.8, 4) is 0 Å². The molecule has 18 heavy (non-hydrogen) atoms. The first-order chi connectivity index (χ1) is 8.04. The minimum atomic E-state index is -0.690. The van der Waals surface area contributed by atoms with Crippen LogP contribution in [0.15, 0.2) is 11.6 Å². The lowest BCUT2D eigenvalue weighted by atomic mass is 9.92. The third-order valence-corrected chi connectivity index (χ3v) is 2.55. The zero-order valence-electron chi connectivity index (χ0n) is 12.7. The molecule has 0 aliphatic heterocycles. The second-order valence-electron chi connectivity index (χ2n) is 6.08. The van der Waals surface area contributed by atoms with Gasteiger partial charge in [-0.3, -0.25) is 9.59 Å². The third-order valence-electron chi connectivity index (χ3n) is 2.55. The van der Waals surface area contributed by atoms with Crippen molar-refractivity contribution in [3.05, 3.63) is 11.6 Å². The first-order valence-electron chi connectivity index (χ1n) is 6.44. The third kappa shape index (κ3) is 6.58. The van der Waals surface area contributed by atoms with Crippen LogP contribution in [-0.4, -0.2) is 17.4 Å². The van der Waals surface area contributed by atoms with Crippen molar-refractivity contribution >= 4 is 11.8 Å². The van der Waals surface area contributed by atoms with Crippen LogP contribution in [0.1, 0.15) is 54.9 Å². The van der Waals surface area contributed by atoms with E-state index >= 15 is 0 Å². The number of carbonyl (C=O) groups is 2. The summed E-state index contributed by atoms with van der Waals surface area (Å²) in [5.41, 5.74) is 0.633. The van der Waals surface area contributed by atoms with Crippen molar-refractivity contribution in [3.63, 3.8) is 0 Å². The molecule has 0 saturated heterocycles. The predicted octanol–water partition coefficient (Wildman–Crippen LogP) is 3.53. The summed E-state index contributed by atoms with van der Waals surface area (Å²) in [6, 6.07) is 0. The molecule has 2 unspecified atom stereocenters. The number of rotatable bonds is 5. The van der Waals surface area contributed by atoms with Gasteiger partial charge in [0, 0.05) is 5.92 Å². The summed E-state index contributed by atoms with van der Waals surface area (Å²) in [5, 5.41) is 0. The Morgan fingerprint density at radius 2 is 1.67 bits per heavy atom. The maximum atomic E-state index is 12.1. The lowest BCUT2D eigenvalue weighted by Crippen LogP contribution is -2.33. The highest BCUT2D eigenvalue weighted by atomic mass is 16.6. The van der Waals surface area contributed by atoms with E-state index in [4.69, 9.17) is 4.74 Å². The summed E-state index contributed by atoms with van der Waals surface area (Å²) in [4.78, 5) is 23.8. The number of carbonyl (C=O) groups excluding carboxylic acids is 2. The van der Waals surface area contributed by atoms with E-state index in [1.54, 1.807) is 27.7 Å². The van der Waals surface area contributed by atoms with Gasteiger partial charge in [-0.1, -0.05) is 18.6 Å². The summed E-state index contributed by atoms with van der Waals surface area (Å²) in [6.45, 7) is 12.9. The Bertz CT molecular complexity index is 330. The Labute approximate surface area is 111 Å². The molecule has 0 spiro atoms. The Kier molecular flexibility index (Phi) is 6.30. The van der Waals surface area contributed by atoms with Crippen LogP contribution >= 0.6 is 0 Å². The van der Waals surface area contributed by atoms with Crippen LogP contribution in [-0.2, 0) is 14.3 Å². The van der Waals surface area contributed by atoms with Crippen LogP contribution in [0.5, 0.6) is 0 Å². The number of ether oxygens (including phenoxy) is 1. The molecule has 0 saturated carbocycles. The molecule has 0 amide bonds. The van der Waals surface area contributed by atoms with Crippen LogP contribution in [0.2, 0.25) is 0 Å². The van der Waals surface area contributed by atoms with Gasteiger partial charge in [-0.25, -0.2) is 0 Å². The van der Waals surface area contributed by atoms with Gasteiger partial charge in [0.2, 0.25) is 0 Å². The molecule has 0 aromatic heterocycles. The summed E-state index contributed by atoms with van der Waals surface area (Å²) >= 11 is 0. The van der Waals surface area contributed by atoms with Crippen molar-refractivity contribution in [1.82, 2.24) is 0 Å². The average Bonchev–Trinajstić information content (AvgIpc) is 2.21. The predicted molar refractivity (Wildman–Crippen MR) is 73.2 cm³/mol. The van der Waals surface area contributed by atoms with E-state index in [9.17, 15) is 9.59 Å². The summed E-state index contributed by atoms with van der Waals surface area (Å²) in [5.74, 6) is -1.33. The first kappa shape index (κ1) is 16.9. The molecule has 0 rings (SSSR count). The van der Waals surface area contributed by atoms with Crippen LogP contribution in [0, 0.1) is 11.8 Å². The number of esters is 1. The molecule has 0 aromatic carbocycles. The van der Waals surface area contributed by atoms with Crippen LogP contribution in [0.25, 0.3) is 0 Å². The molecule has 0 fully saturated rings. The Morgan fingerprint density at radius 1 is 1.17 bits per heavy atom. The molecular formula is C15H26O3. The summed E-state index contributed by atoms with van der Waals surface area (Å²) in [7, 11) is 0. The molecule has 0 aliphatic rings. The molecule has 104 valence electrons. The van der Waals surface area contributed by atoms with Gasteiger partial charge in [-0.2, -0.15) is 0 Å². The molecule has 0 aromatic rings. The zero-order chi connectivity index (χ0) is 14.5. The maximum Gasteiger partial charge on any atom is 0.316 e. The second-order valence-corrected chi connectivity index (χ2v) is 6.08. The van der Waals surface area contributed by atoms with Gasteiger partial charge < -0.3 is 4.74 Å². The van der Waals surface area contributed by atoms with Gasteiger partial charge in [-0.05, 0) is 48.0 Å². The minimum absolute atomic E-state index is 0.0539. The summed E-state index contributed by atoms with van der Waals surface area (Å²) in [6.07, 6.45) is 2.69. The van der Waals surface area contributed by atoms with E-state index in [0.29, 0.717) is 6.42 Å². The smallest absolute Gasteiger partial charge is 0.316 e. The van der Waals surface area contributed by atoms with Crippen molar-refractivity contribution in [2.45, 2.75) is 60.5 Å². The molecule has 0 radical (unpaired) electrons. The highest BCUT2D eigenvalue weighted by Crippen LogP contribution is 2.17. The molecule has 2 atom stereocenters. The van der Waals surface area contributed by atoms with Crippen molar-refractivity contribution < 1.29 is 14.3 Å². The normalized spacial score (nSPS) is 14.6. The largest absolute Gasteiger partial charge is 0.459 e. The SMILES string of the molecule is CC(C)=CCC(C)C(=O)C(C)C(=O)OC(C)(C)C. The standard InChI is InChI=1S/C15H26O3/c1-10(2)8-9-11(3)13(16)12(4)14(17)18-15(5,6)7/h8,11-12H,9H2,1-7H3. The summed E-state index contributed by atoms with van der Waals surface area (Å²) < 4.78 is 5.22. The number of hydrogen-bond acceptors (Lipinski definition) is 3. The average molecular weight is 254 g/mol. The fourth-order valence-electron chi connectivity index (χ4n) is 1.46. The number of allylic oxidation sites excluding steroid dienone is 2. The molecule has 0 heterocycles. The van der Waals surface area contributed by atoms with E-state index < -0.39 is 17.5 Å². The Hall–Kier alpha value is -1.12. The van der Waals surface area contributed by atoms with Gasteiger partial charge in [0.15, 0.2) is 0 Å². The lowest BCUT2D eigenvalue weighted by molar-refractivity contribution is -0.162. The number of hydrogen-bond donors (Lipinski definition) is 0. The van der Waals surface area contributed by atoms with E-state index in [1.165, 1.54) is 5.57 Å². The number of ketones is 1. The van der Waals surface area contributed by atoms with Crippen molar-refractivity contribution in [2.75, 3.05) is 0 Å². The van der Waals surface area contributed by atoms with Crippen molar-refractivity contribution in [1.29, 1.82) is 0 Å². The molecular weight excluding hydrogens is 228 g/mol. The highest BCUT2D eigenvalue weighted by molar-refractivity contribution is 5.99. The van der Waals surface area contributed by atoms with E-state index in [2.05, 4.69) is 0 Å². The Morgan fingerprint density at radius 3 is 2.06 bits per heavy atom. The second kappa shape index (κ2) is 6.72. The van der Waals surface area contributed by atoms with Crippen LogP contribution in [0.4, 0.5) is 0 Å². The fraction of sp³-hybridized carbons (Fsp3) is 0.733. The van der Waals surface area contributed by atoms with Gasteiger partial charge in [0.25, 0.3) is 0 Å². The van der Waals surface area contributed by atoms with Gasteiger partial charge in [-0.15, -0.1) is 0 Å². The molecule has 3 heteroatoms. The van der Waals surface area contributed by atoms with Gasteiger partial charge in [0.05, 0.1) is 0 Å². The molecule has 0 N–H and O–H groups in total. The molecule has 0 aliphatic carbocycles. The van der Waals surface area contributed by atoms with Crippen LogP contribution < -0.4 is 0 Å². The monoisotopic (exact) mass is 254 g/mol. The molecule has 0 bridgehead atoms. The van der Waals surface area contributed by atoms with Gasteiger partial charge in [0.1, 0.15) is 17.3 Å². The first-order valence-corrected chi connectivity index (χ1v) is 6.44. The van der Waals surface area contributed by atoms with Gasteiger partial charge >= 0.3 is 5.97 Å². The maximum absolute atomic E-state index is 12.1. The minimum Gasteiger partial charge on any atom is -0.459 e. The van der Waals surface area contributed by atoms with Crippen LogP contribution in [0.3, 0.4) is 0 Å². The van der Waals surface area contributed by atoms with E-state index in [-0.39, 0.29) is 11.7 Å². The Balaban J connectivity index is 4.50. The topological polar surface area (TPSA) is 43.4 Å². The molecule has 3 nitrogen and oxygen atoms in total. The lowest BCUT2D eigenvalue weighted by Gasteiger charge is -2.22. The van der Waals surface area contributed by atoms with E-state index in [1.807, 2.05) is 26.8 Å². The zero-order valence-corrected chi connectivity index (χ0v) is 12.7. The fourth-order valence-corrected chi connectivity index (χ4v) is 1.46. The highest BCUT2D eigenvalue weighted by Gasteiger charge is 2.29. The quantitative estimate of drug-likeness (QED) is 0.428. The van der Waals surface area contributed by atoms with E-state index in [0.717, 1.165) is 0 Å². The van der Waals surface area contributed by atoms with Crippen molar-refractivity contribution in [2.24, 2.45) is 11.8 Å².